The van der Waals surface area contributed by atoms with Crippen LogP contribution in [-0.4, -0.2) is 40.4 Å². The van der Waals surface area contributed by atoms with Crippen LogP contribution in [0.25, 0.3) is 10.7 Å². The number of carbonyl (C=O) groups is 2. The van der Waals surface area contributed by atoms with Gasteiger partial charge in [0.15, 0.2) is 0 Å². The van der Waals surface area contributed by atoms with Crippen molar-refractivity contribution in [1.29, 1.82) is 0 Å². The van der Waals surface area contributed by atoms with Crippen molar-refractivity contribution in [3.63, 3.8) is 0 Å². The highest BCUT2D eigenvalue weighted by atomic mass is 32.1. The maximum Gasteiger partial charge on any atom is 0.277 e. The molecule has 0 radical (unpaired) electrons. The first-order chi connectivity index (χ1) is 13.0. The summed E-state index contributed by atoms with van der Waals surface area (Å²) in [7, 11) is 1.57. The first kappa shape index (κ1) is 17.2. The minimum absolute atomic E-state index is 0.139. The van der Waals surface area contributed by atoms with Crippen molar-refractivity contribution in [3.8, 4) is 10.7 Å². The lowest BCUT2D eigenvalue weighted by molar-refractivity contribution is -0.118. The van der Waals surface area contributed by atoms with E-state index in [-0.39, 0.29) is 30.5 Å². The predicted molar refractivity (Wildman–Crippen MR) is 99.2 cm³/mol. The molecule has 0 unspecified atom stereocenters. The third-order valence-electron chi connectivity index (χ3n) is 4.26. The molecule has 1 aromatic carbocycles. The van der Waals surface area contributed by atoms with Crippen molar-refractivity contribution >= 4 is 34.5 Å². The van der Waals surface area contributed by atoms with Crippen LogP contribution < -0.4 is 9.80 Å². The largest absolute Gasteiger partial charge is 0.313 e. The van der Waals surface area contributed by atoms with Crippen LogP contribution in [0.5, 0.6) is 0 Å². The van der Waals surface area contributed by atoms with E-state index in [4.69, 9.17) is 0 Å². The number of halogens is 1. The average molecular weight is 383 g/mol. The number of hydrogen-bond donors (Lipinski definition) is 0. The number of fused-ring (bicyclic) bond motifs is 1. The van der Waals surface area contributed by atoms with Crippen molar-refractivity contribution in [2.75, 3.05) is 23.4 Å². The second-order valence-electron chi connectivity index (χ2n) is 5.92. The Labute approximate surface area is 158 Å². The van der Waals surface area contributed by atoms with Crippen LogP contribution in [0, 0.1) is 5.82 Å². The second kappa shape index (κ2) is 6.84. The van der Waals surface area contributed by atoms with Gasteiger partial charge in [-0.2, -0.15) is 0 Å². The Balaban J connectivity index is 1.71. The summed E-state index contributed by atoms with van der Waals surface area (Å²) in [5.74, 6) is -1.01. The third kappa shape index (κ3) is 3.17. The van der Waals surface area contributed by atoms with E-state index in [1.807, 2.05) is 0 Å². The highest BCUT2D eigenvalue weighted by molar-refractivity contribution is 7.13. The lowest BCUT2D eigenvalue weighted by atomic mass is 10.2. The van der Waals surface area contributed by atoms with E-state index in [1.165, 1.54) is 39.3 Å². The number of nitrogens with zero attached hydrogens (tertiary/aromatic N) is 5. The average Bonchev–Trinajstić information content (AvgIpc) is 3.14. The summed E-state index contributed by atoms with van der Waals surface area (Å²) in [4.78, 5) is 40.7. The van der Waals surface area contributed by atoms with Gasteiger partial charge in [-0.25, -0.2) is 9.37 Å². The summed E-state index contributed by atoms with van der Waals surface area (Å²) < 4.78 is 13.7. The fourth-order valence-corrected chi connectivity index (χ4v) is 3.63. The Morgan fingerprint density at radius 1 is 1.26 bits per heavy atom. The Morgan fingerprint density at radius 3 is 2.89 bits per heavy atom. The van der Waals surface area contributed by atoms with Crippen LogP contribution in [-0.2, 0) is 4.79 Å². The molecule has 2 aromatic heterocycles. The Hall–Kier alpha value is -3.20. The second-order valence-corrected chi connectivity index (χ2v) is 6.78. The molecule has 0 bridgehead atoms. The molecule has 1 aliphatic rings. The van der Waals surface area contributed by atoms with Gasteiger partial charge in [0.1, 0.15) is 22.2 Å². The molecule has 0 aliphatic carbocycles. The molecule has 0 saturated carbocycles. The first-order valence-electron chi connectivity index (χ1n) is 8.14. The van der Waals surface area contributed by atoms with E-state index in [0.29, 0.717) is 22.1 Å². The summed E-state index contributed by atoms with van der Waals surface area (Å²) in [5, 5.41) is 2.22. The number of amides is 2. The van der Waals surface area contributed by atoms with Crippen LogP contribution in [0.15, 0.2) is 42.2 Å². The maximum absolute atomic E-state index is 13.7. The summed E-state index contributed by atoms with van der Waals surface area (Å²) in [6, 6.07) is 4.03. The maximum atomic E-state index is 13.7. The molecule has 0 N–H and O–H groups in total. The molecule has 3 aromatic rings. The smallest absolute Gasteiger partial charge is 0.277 e. The summed E-state index contributed by atoms with van der Waals surface area (Å²) in [5.41, 5.74) is 1.65. The number of benzene rings is 1. The summed E-state index contributed by atoms with van der Waals surface area (Å²) in [6.45, 7) is 0.193. The molecule has 9 heteroatoms. The highest BCUT2D eigenvalue weighted by Crippen LogP contribution is 2.34. The van der Waals surface area contributed by atoms with Crippen molar-refractivity contribution < 1.29 is 14.0 Å². The fourth-order valence-electron chi connectivity index (χ4n) is 2.87. The van der Waals surface area contributed by atoms with E-state index >= 15 is 0 Å². The predicted octanol–water partition coefficient (Wildman–Crippen LogP) is 2.75. The van der Waals surface area contributed by atoms with Gasteiger partial charge in [-0.15, -0.1) is 11.3 Å². The van der Waals surface area contributed by atoms with Crippen molar-refractivity contribution in [2.45, 2.75) is 6.42 Å². The van der Waals surface area contributed by atoms with Crippen LogP contribution >= 0.6 is 11.3 Å². The Bertz CT molecular complexity index is 1020. The highest BCUT2D eigenvalue weighted by Gasteiger charge is 2.29. The molecule has 0 saturated heterocycles. The third-order valence-corrected chi connectivity index (χ3v) is 5.13. The number of thiazole rings is 1. The van der Waals surface area contributed by atoms with Gasteiger partial charge in [0.25, 0.3) is 5.91 Å². The number of rotatable bonds is 2. The molecular weight excluding hydrogens is 369 g/mol. The van der Waals surface area contributed by atoms with Crippen LogP contribution in [0.2, 0.25) is 0 Å². The number of aromatic nitrogens is 3. The lowest BCUT2D eigenvalue weighted by Gasteiger charge is -2.23. The van der Waals surface area contributed by atoms with E-state index < -0.39 is 5.82 Å². The molecule has 27 heavy (non-hydrogen) atoms. The normalized spacial score (nSPS) is 14.1. The SMILES string of the molecule is CN1C(=O)CCN(C(=O)c2csc(-c3cnccn3)n2)c2ccc(F)cc21. The van der Waals surface area contributed by atoms with E-state index in [2.05, 4.69) is 15.0 Å². The zero-order valence-electron chi connectivity index (χ0n) is 14.3. The molecule has 4 rings (SSSR count). The standard InChI is InChI=1S/C18H14FN5O2S/c1-23-15-8-11(19)2-3-14(15)24(7-4-16(23)25)18(26)13-10-27-17(22-13)12-9-20-5-6-21-12/h2-3,5-6,8-10H,4,7H2,1H3. The fraction of sp³-hybridized carbons (Fsp3) is 0.167. The van der Waals surface area contributed by atoms with Crippen LogP contribution in [0.4, 0.5) is 15.8 Å². The Morgan fingerprint density at radius 2 is 2.11 bits per heavy atom. The van der Waals surface area contributed by atoms with Crippen molar-refractivity contribution in [3.05, 3.63) is 53.7 Å². The molecule has 1 aliphatic heterocycles. The molecule has 2 amide bonds. The molecule has 136 valence electrons. The molecule has 0 atom stereocenters. The lowest BCUT2D eigenvalue weighted by Crippen LogP contribution is -2.32. The zero-order valence-corrected chi connectivity index (χ0v) is 15.1. The van der Waals surface area contributed by atoms with E-state index in [0.717, 1.165) is 0 Å². The number of anilines is 2. The number of carbonyl (C=O) groups excluding carboxylic acids is 2. The topological polar surface area (TPSA) is 79.3 Å². The van der Waals surface area contributed by atoms with Gasteiger partial charge >= 0.3 is 0 Å². The molecule has 3 heterocycles. The molecule has 0 spiro atoms. The van der Waals surface area contributed by atoms with Gasteiger partial charge < -0.3 is 9.80 Å². The Kier molecular flexibility index (Phi) is 4.36. The van der Waals surface area contributed by atoms with E-state index in [1.54, 1.807) is 31.0 Å². The van der Waals surface area contributed by atoms with Gasteiger partial charge in [0.05, 0.1) is 17.6 Å². The summed E-state index contributed by atoms with van der Waals surface area (Å²) in [6.07, 6.45) is 4.83. The number of hydrogen-bond acceptors (Lipinski definition) is 6. The molecule has 0 fully saturated rings. The first-order valence-corrected chi connectivity index (χ1v) is 9.02. The minimum atomic E-state index is -0.471. The van der Waals surface area contributed by atoms with E-state index in [9.17, 15) is 14.0 Å². The van der Waals surface area contributed by atoms with Crippen LogP contribution in [0.3, 0.4) is 0 Å². The molecular formula is C18H14FN5O2S. The monoisotopic (exact) mass is 383 g/mol. The van der Waals surface area contributed by atoms with Gasteiger partial charge in [0.2, 0.25) is 5.91 Å². The van der Waals surface area contributed by atoms with Crippen LogP contribution in [0.1, 0.15) is 16.9 Å². The van der Waals surface area contributed by atoms with Gasteiger partial charge in [-0.3, -0.25) is 19.6 Å². The zero-order chi connectivity index (χ0) is 19.0. The van der Waals surface area contributed by atoms with Crippen molar-refractivity contribution in [2.24, 2.45) is 0 Å². The summed E-state index contributed by atoms with van der Waals surface area (Å²) >= 11 is 1.29. The van der Waals surface area contributed by atoms with Crippen molar-refractivity contribution in [1.82, 2.24) is 15.0 Å². The molecule has 7 nitrogen and oxygen atoms in total. The van der Waals surface area contributed by atoms with Gasteiger partial charge in [0, 0.05) is 37.8 Å². The van der Waals surface area contributed by atoms with Gasteiger partial charge in [-0.1, -0.05) is 0 Å². The minimum Gasteiger partial charge on any atom is -0.313 e. The van der Waals surface area contributed by atoms with Gasteiger partial charge in [-0.05, 0) is 18.2 Å². The quantitative estimate of drug-likeness (QED) is 0.680.